The Hall–Kier alpha value is -1.81. The van der Waals surface area contributed by atoms with Crippen LogP contribution in [0.15, 0.2) is 66.7 Å². The van der Waals surface area contributed by atoms with Crippen molar-refractivity contribution in [2.24, 2.45) is 0 Å². The molecule has 0 aliphatic heterocycles. The number of thiol groups is 3. The lowest BCUT2D eigenvalue weighted by atomic mass is 9.86. The Morgan fingerprint density at radius 1 is 0.419 bits per heavy atom. The molecule has 0 heterocycles. The van der Waals surface area contributed by atoms with Crippen LogP contribution < -0.4 is 0 Å². The highest BCUT2D eigenvalue weighted by molar-refractivity contribution is 7.80. The Bertz CT molecular complexity index is 1420. The Labute approximate surface area is 200 Å². The predicted molar refractivity (Wildman–Crippen MR) is 149 cm³/mol. The fourth-order valence-electron chi connectivity index (χ4n) is 5.15. The van der Waals surface area contributed by atoms with E-state index < -0.39 is 0 Å². The first-order chi connectivity index (χ1) is 15.3. The normalized spacial score (nSPS) is 11.8. The van der Waals surface area contributed by atoms with Crippen molar-refractivity contribution in [3.8, 4) is 0 Å². The van der Waals surface area contributed by atoms with Crippen molar-refractivity contribution in [1.82, 2.24) is 0 Å². The molecule has 31 heavy (non-hydrogen) atoms. The van der Waals surface area contributed by atoms with E-state index in [0.717, 1.165) is 36.5 Å². The molecule has 0 radical (unpaired) electrons. The van der Waals surface area contributed by atoms with E-state index in [0.29, 0.717) is 0 Å². The van der Waals surface area contributed by atoms with Gasteiger partial charge >= 0.3 is 0 Å². The van der Waals surface area contributed by atoms with E-state index in [-0.39, 0.29) is 0 Å². The van der Waals surface area contributed by atoms with Crippen molar-refractivity contribution >= 4 is 81.0 Å². The Balaban J connectivity index is 2.00. The van der Waals surface area contributed by atoms with Crippen LogP contribution in [-0.2, 0) is 19.3 Å². The summed E-state index contributed by atoms with van der Waals surface area (Å²) in [6.45, 7) is 0. The van der Waals surface area contributed by atoms with E-state index in [2.05, 4.69) is 105 Å². The zero-order valence-corrected chi connectivity index (χ0v) is 20.1. The smallest absolute Gasteiger partial charge is 0.00569 e. The molecule has 0 aliphatic carbocycles. The molecule has 0 unspecified atom stereocenters. The number of benzene rings is 5. The number of hydrogen-bond donors (Lipinski definition) is 3. The van der Waals surface area contributed by atoms with Crippen molar-refractivity contribution in [1.29, 1.82) is 0 Å². The molecule has 0 N–H and O–H groups in total. The average Bonchev–Trinajstić information content (AvgIpc) is 2.80. The van der Waals surface area contributed by atoms with Crippen molar-refractivity contribution in [3.63, 3.8) is 0 Å². The van der Waals surface area contributed by atoms with Gasteiger partial charge in [0.25, 0.3) is 0 Å². The number of hydrogen-bond acceptors (Lipinski definition) is 3. The SMILES string of the molecule is SCCc1c2ccccc2cc2cc3c(CCS)c4ccccc4c(CCS)c3cc12. The molecule has 0 nitrogen and oxygen atoms in total. The van der Waals surface area contributed by atoms with Crippen molar-refractivity contribution in [2.75, 3.05) is 17.3 Å². The van der Waals surface area contributed by atoms with Crippen molar-refractivity contribution in [2.45, 2.75) is 19.3 Å². The van der Waals surface area contributed by atoms with Crippen LogP contribution >= 0.6 is 37.9 Å². The average molecular weight is 459 g/mol. The van der Waals surface area contributed by atoms with E-state index >= 15 is 0 Å². The van der Waals surface area contributed by atoms with E-state index in [1.807, 2.05) is 0 Å². The van der Waals surface area contributed by atoms with E-state index in [4.69, 9.17) is 0 Å². The summed E-state index contributed by atoms with van der Waals surface area (Å²) in [7, 11) is 0. The molecule has 0 saturated carbocycles. The molecule has 0 atom stereocenters. The highest BCUT2D eigenvalue weighted by atomic mass is 32.1. The van der Waals surface area contributed by atoms with Gasteiger partial charge < -0.3 is 0 Å². The van der Waals surface area contributed by atoms with Crippen molar-refractivity contribution < 1.29 is 0 Å². The Morgan fingerprint density at radius 2 is 0.903 bits per heavy atom. The maximum atomic E-state index is 4.60. The maximum absolute atomic E-state index is 4.60. The molecule has 0 spiro atoms. The molecule has 0 aliphatic rings. The number of fused-ring (bicyclic) bond motifs is 4. The summed E-state index contributed by atoms with van der Waals surface area (Å²) in [5.74, 6) is 2.52. The first-order valence-electron chi connectivity index (χ1n) is 10.9. The van der Waals surface area contributed by atoms with Gasteiger partial charge in [-0.15, -0.1) is 0 Å². The van der Waals surface area contributed by atoms with E-state index in [9.17, 15) is 0 Å². The van der Waals surface area contributed by atoms with Crippen LogP contribution in [0.5, 0.6) is 0 Å². The van der Waals surface area contributed by atoms with E-state index in [1.54, 1.807) is 0 Å². The topological polar surface area (TPSA) is 0 Å². The number of aryl methyl sites for hydroxylation is 3. The van der Waals surface area contributed by atoms with Crippen LogP contribution in [0.25, 0.3) is 43.1 Å². The largest absolute Gasteiger partial charge is 0.179 e. The second kappa shape index (κ2) is 8.97. The van der Waals surface area contributed by atoms with Gasteiger partial charge in [0, 0.05) is 0 Å². The van der Waals surface area contributed by atoms with Gasteiger partial charge in [0.2, 0.25) is 0 Å². The Morgan fingerprint density at radius 3 is 1.48 bits per heavy atom. The summed E-state index contributed by atoms with van der Waals surface area (Å²) in [4.78, 5) is 0. The van der Waals surface area contributed by atoms with Gasteiger partial charge in [-0.25, -0.2) is 0 Å². The second-order valence-electron chi connectivity index (χ2n) is 8.12. The van der Waals surface area contributed by atoms with Gasteiger partial charge in [-0.2, -0.15) is 37.9 Å². The van der Waals surface area contributed by atoms with Gasteiger partial charge in [0.05, 0.1) is 0 Å². The van der Waals surface area contributed by atoms with Crippen LogP contribution in [0.4, 0.5) is 0 Å². The minimum Gasteiger partial charge on any atom is -0.179 e. The fraction of sp³-hybridized carbons (Fsp3) is 0.214. The maximum Gasteiger partial charge on any atom is -0.00569 e. The zero-order valence-electron chi connectivity index (χ0n) is 17.4. The lowest BCUT2D eigenvalue weighted by Gasteiger charge is -2.19. The lowest BCUT2D eigenvalue weighted by molar-refractivity contribution is 1.18. The third kappa shape index (κ3) is 3.61. The molecule has 3 heteroatoms. The first kappa shape index (κ1) is 21.1. The third-order valence-electron chi connectivity index (χ3n) is 6.42. The molecule has 5 aromatic carbocycles. The van der Waals surface area contributed by atoms with Gasteiger partial charge in [0.15, 0.2) is 0 Å². The standard InChI is InChI=1S/C28H26S3/c29-12-9-23-20-6-2-1-5-18(20)15-19-16-27-24(10-13-30)21-7-3-4-8-22(21)25(11-14-31)28(27)17-26(19)23/h1-8,15-17,29-31H,9-14H2. The predicted octanol–water partition coefficient (Wildman–Crippen LogP) is 7.72. The van der Waals surface area contributed by atoms with Crippen molar-refractivity contribution in [3.05, 3.63) is 83.4 Å². The van der Waals surface area contributed by atoms with Crippen LogP contribution in [0, 0.1) is 0 Å². The molecule has 5 rings (SSSR count). The monoisotopic (exact) mass is 458 g/mol. The molecule has 0 bridgehead atoms. The number of rotatable bonds is 6. The summed E-state index contributed by atoms with van der Waals surface area (Å²) in [6, 6.07) is 24.8. The van der Waals surface area contributed by atoms with E-state index in [1.165, 1.54) is 59.8 Å². The summed E-state index contributed by atoms with van der Waals surface area (Å²) in [5, 5.41) is 10.8. The van der Waals surface area contributed by atoms with Gasteiger partial charge in [0.1, 0.15) is 0 Å². The summed E-state index contributed by atoms with van der Waals surface area (Å²) >= 11 is 13.8. The minimum absolute atomic E-state index is 0.838. The minimum atomic E-state index is 0.838. The molecule has 156 valence electrons. The first-order valence-corrected chi connectivity index (χ1v) is 12.8. The second-order valence-corrected chi connectivity index (χ2v) is 9.46. The molecule has 0 amide bonds. The highest BCUT2D eigenvalue weighted by Crippen LogP contribution is 2.39. The van der Waals surface area contributed by atoms with Crippen LogP contribution in [0.3, 0.4) is 0 Å². The lowest BCUT2D eigenvalue weighted by Crippen LogP contribution is -1.99. The van der Waals surface area contributed by atoms with Gasteiger partial charge in [-0.1, -0.05) is 48.5 Å². The fourth-order valence-corrected chi connectivity index (χ4v) is 5.82. The summed E-state index contributed by atoms with van der Waals surface area (Å²) < 4.78 is 0. The molecule has 0 aromatic heterocycles. The highest BCUT2D eigenvalue weighted by Gasteiger charge is 2.16. The van der Waals surface area contributed by atoms with Gasteiger partial charge in [-0.05, 0) is 115 Å². The molecular weight excluding hydrogens is 433 g/mol. The van der Waals surface area contributed by atoms with Crippen LogP contribution in [0.1, 0.15) is 16.7 Å². The molecule has 0 fully saturated rings. The summed E-state index contributed by atoms with van der Waals surface area (Å²) in [6.07, 6.45) is 2.89. The molecule has 5 aromatic rings. The third-order valence-corrected chi connectivity index (χ3v) is 7.10. The zero-order chi connectivity index (χ0) is 21.4. The Kier molecular flexibility index (Phi) is 6.10. The van der Waals surface area contributed by atoms with Crippen LogP contribution in [0.2, 0.25) is 0 Å². The summed E-state index contributed by atoms with van der Waals surface area (Å²) in [5.41, 5.74) is 4.23. The van der Waals surface area contributed by atoms with Crippen LogP contribution in [-0.4, -0.2) is 17.3 Å². The molecular formula is C28H26S3. The quantitative estimate of drug-likeness (QED) is 0.168. The molecule has 0 saturated heterocycles. The van der Waals surface area contributed by atoms with Gasteiger partial charge in [-0.3, -0.25) is 0 Å².